The summed E-state index contributed by atoms with van der Waals surface area (Å²) >= 11 is 0. The molecule has 1 aliphatic heterocycles. The lowest BCUT2D eigenvalue weighted by molar-refractivity contribution is 0.370. The normalized spacial score (nSPS) is 17.6. The van der Waals surface area contributed by atoms with Crippen LogP contribution in [0, 0.1) is 6.92 Å². The zero-order valence-electron chi connectivity index (χ0n) is 9.46. The fourth-order valence-electron chi connectivity index (χ4n) is 2.03. The maximum absolute atomic E-state index is 5.86. The predicted octanol–water partition coefficient (Wildman–Crippen LogP) is 2.30. The third-order valence-corrected chi connectivity index (χ3v) is 2.88. The highest BCUT2D eigenvalue weighted by Crippen LogP contribution is 2.24. The van der Waals surface area contributed by atoms with Gasteiger partial charge in [0.1, 0.15) is 0 Å². The summed E-state index contributed by atoms with van der Waals surface area (Å²) in [5, 5.41) is 0. The van der Waals surface area contributed by atoms with Crippen molar-refractivity contribution in [2.75, 3.05) is 25.9 Å². The van der Waals surface area contributed by atoms with Gasteiger partial charge >= 0.3 is 0 Å². The van der Waals surface area contributed by atoms with Crippen LogP contribution in [0.1, 0.15) is 17.5 Å². The van der Waals surface area contributed by atoms with Crippen molar-refractivity contribution in [3.63, 3.8) is 0 Å². The van der Waals surface area contributed by atoms with Crippen LogP contribution < -0.4 is 5.73 Å². The number of nitrogens with zero attached hydrogens (tertiary/aromatic N) is 1. The molecule has 0 aliphatic carbocycles. The summed E-state index contributed by atoms with van der Waals surface area (Å²) in [6.07, 6.45) is 3.43. The van der Waals surface area contributed by atoms with Crippen molar-refractivity contribution in [2.24, 2.45) is 0 Å². The summed E-state index contributed by atoms with van der Waals surface area (Å²) in [7, 11) is 2.15. The Morgan fingerprint density at radius 1 is 1.27 bits per heavy atom. The molecule has 0 saturated heterocycles. The monoisotopic (exact) mass is 202 g/mol. The van der Waals surface area contributed by atoms with Crippen molar-refractivity contribution >= 4 is 11.3 Å². The molecule has 0 fully saturated rings. The maximum Gasteiger partial charge on any atom is 0.0322 e. The van der Waals surface area contributed by atoms with Crippen LogP contribution in [0.3, 0.4) is 0 Å². The molecule has 0 unspecified atom stereocenters. The maximum atomic E-state index is 5.86. The van der Waals surface area contributed by atoms with Gasteiger partial charge in [0, 0.05) is 18.8 Å². The average Bonchev–Trinajstić information content (AvgIpc) is 2.17. The molecule has 0 aromatic heterocycles. The predicted molar refractivity (Wildman–Crippen MR) is 65.7 cm³/mol. The van der Waals surface area contributed by atoms with E-state index in [2.05, 4.69) is 37.1 Å². The number of hydrogen-bond donors (Lipinski definition) is 1. The Hall–Kier alpha value is -1.28. The first kappa shape index (κ1) is 10.2. The molecule has 1 aromatic rings. The van der Waals surface area contributed by atoms with Crippen molar-refractivity contribution in [3.8, 4) is 0 Å². The summed E-state index contributed by atoms with van der Waals surface area (Å²) in [6.45, 7) is 4.28. The van der Waals surface area contributed by atoms with Crippen LogP contribution in [-0.4, -0.2) is 25.0 Å². The van der Waals surface area contributed by atoms with E-state index in [0.29, 0.717) is 0 Å². The van der Waals surface area contributed by atoms with E-state index < -0.39 is 0 Å². The Morgan fingerprint density at radius 3 is 2.67 bits per heavy atom. The van der Waals surface area contributed by atoms with Gasteiger partial charge in [-0.05, 0) is 49.2 Å². The number of aryl methyl sites for hydroxylation is 1. The Bertz CT molecular complexity index is 373. The highest BCUT2D eigenvalue weighted by Gasteiger charge is 2.09. The third-order valence-electron chi connectivity index (χ3n) is 2.88. The summed E-state index contributed by atoms with van der Waals surface area (Å²) < 4.78 is 0. The van der Waals surface area contributed by atoms with E-state index in [1.165, 1.54) is 16.7 Å². The zero-order chi connectivity index (χ0) is 10.8. The summed E-state index contributed by atoms with van der Waals surface area (Å²) in [5.41, 5.74) is 10.7. The third kappa shape index (κ3) is 2.39. The largest absolute Gasteiger partial charge is 0.399 e. The lowest BCUT2D eigenvalue weighted by Crippen LogP contribution is -2.23. The smallest absolute Gasteiger partial charge is 0.0322 e. The number of hydrogen-bond acceptors (Lipinski definition) is 2. The molecular formula is C13H18N2. The Morgan fingerprint density at radius 2 is 2.07 bits per heavy atom. The molecule has 1 aromatic carbocycles. The van der Waals surface area contributed by atoms with Gasteiger partial charge in [-0.2, -0.15) is 0 Å². The molecular weight excluding hydrogens is 184 g/mol. The Balaban J connectivity index is 2.29. The fourth-order valence-corrected chi connectivity index (χ4v) is 2.03. The molecule has 1 heterocycles. The minimum absolute atomic E-state index is 0.866. The van der Waals surface area contributed by atoms with E-state index in [1.807, 2.05) is 6.07 Å². The quantitative estimate of drug-likeness (QED) is 0.708. The lowest BCUT2D eigenvalue weighted by Gasteiger charge is -2.22. The number of nitrogens with two attached hydrogens (primary N) is 1. The van der Waals surface area contributed by atoms with E-state index >= 15 is 0 Å². The topological polar surface area (TPSA) is 29.3 Å². The zero-order valence-corrected chi connectivity index (χ0v) is 9.46. The first-order valence-electron chi connectivity index (χ1n) is 5.40. The van der Waals surface area contributed by atoms with Gasteiger partial charge in [-0.3, -0.25) is 0 Å². The second-order valence-corrected chi connectivity index (χ2v) is 4.37. The number of likely N-dealkylation sites (N-methyl/N-ethyl adjacent to an activating group) is 1. The molecule has 2 heteroatoms. The summed E-state index contributed by atoms with van der Waals surface area (Å²) in [6, 6.07) is 6.30. The minimum atomic E-state index is 0.866. The van der Waals surface area contributed by atoms with Gasteiger partial charge in [-0.15, -0.1) is 0 Å². The molecule has 15 heavy (non-hydrogen) atoms. The standard InChI is InChI=1S/C13H18N2/c1-10-7-12(9-13(14)8-10)11-3-5-15(2)6-4-11/h3,7-9H,4-6,14H2,1-2H3. The van der Waals surface area contributed by atoms with Crippen LogP contribution in [0.25, 0.3) is 5.57 Å². The number of nitrogen functional groups attached to an aromatic ring is 1. The molecule has 2 nitrogen and oxygen atoms in total. The lowest BCUT2D eigenvalue weighted by atomic mass is 9.97. The SMILES string of the molecule is Cc1cc(N)cc(C2=CCN(C)CC2)c1. The number of benzene rings is 1. The van der Waals surface area contributed by atoms with Crippen molar-refractivity contribution in [1.82, 2.24) is 4.90 Å². The van der Waals surface area contributed by atoms with E-state index in [4.69, 9.17) is 5.73 Å². The van der Waals surface area contributed by atoms with E-state index in [0.717, 1.165) is 25.2 Å². The van der Waals surface area contributed by atoms with Crippen LogP contribution in [0.5, 0.6) is 0 Å². The molecule has 2 N–H and O–H groups in total. The Labute approximate surface area is 91.4 Å². The minimum Gasteiger partial charge on any atom is -0.399 e. The van der Waals surface area contributed by atoms with Crippen LogP contribution >= 0.6 is 0 Å². The Kier molecular flexibility index (Phi) is 2.78. The number of anilines is 1. The average molecular weight is 202 g/mol. The highest BCUT2D eigenvalue weighted by molar-refractivity contribution is 5.69. The second-order valence-electron chi connectivity index (χ2n) is 4.37. The van der Waals surface area contributed by atoms with Gasteiger partial charge < -0.3 is 10.6 Å². The van der Waals surface area contributed by atoms with Gasteiger partial charge in [0.15, 0.2) is 0 Å². The van der Waals surface area contributed by atoms with Crippen molar-refractivity contribution < 1.29 is 0 Å². The van der Waals surface area contributed by atoms with Crippen LogP contribution in [0.15, 0.2) is 24.3 Å². The molecule has 0 amide bonds. The van der Waals surface area contributed by atoms with Gasteiger partial charge in [0.25, 0.3) is 0 Å². The molecule has 1 aliphatic rings. The molecule has 0 spiro atoms. The van der Waals surface area contributed by atoms with Crippen molar-refractivity contribution in [3.05, 3.63) is 35.4 Å². The van der Waals surface area contributed by atoms with Crippen LogP contribution in [0.2, 0.25) is 0 Å². The van der Waals surface area contributed by atoms with Crippen LogP contribution in [-0.2, 0) is 0 Å². The number of rotatable bonds is 1. The van der Waals surface area contributed by atoms with Gasteiger partial charge in [-0.25, -0.2) is 0 Å². The second kappa shape index (κ2) is 4.07. The fraction of sp³-hybridized carbons (Fsp3) is 0.385. The molecule has 0 saturated carbocycles. The molecule has 0 radical (unpaired) electrons. The highest BCUT2D eigenvalue weighted by atomic mass is 15.1. The molecule has 80 valence electrons. The van der Waals surface area contributed by atoms with Gasteiger partial charge in [0.2, 0.25) is 0 Å². The first-order valence-corrected chi connectivity index (χ1v) is 5.40. The van der Waals surface area contributed by atoms with E-state index in [1.54, 1.807) is 0 Å². The van der Waals surface area contributed by atoms with Gasteiger partial charge in [-0.1, -0.05) is 12.1 Å². The molecule has 0 bridgehead atoms. The van der Waals surface area contributed by atoms with Crippen molar-refractivity contribution in [1.29, 1.82) is 0 Å². The van der Waals surface area contributed by atoms with E-state index in [9.17, 15) is 0 Å². The van der Waals surface area contributed by atoms with E-state index in [-0.39, 0.29) is 0 Å². The summed E-state index contributed by atoms with van der Waals surface area (Å²) in [4.78, 5) is 2.32. The van der Waals surface area contributed by atoms with Crippen molar-refractivity contribution in [2.45, 2.75) is 13.3 Å². The van der Waals surface area contributed by atoms with Gasteiger partial charge in [0.05, 0.1) is 0 Å². The van der Waals surface area contributed by atoms with Crippen LogP contribution in [0.4, 0.5) is 5.69 Å². The summed E-state index contributed by atoms with van der Waals surface area (Å²) in [5.74, 6) is 0. The molecule has 2 rings (SSSR count). The first-order chi connectivity index (χ1) is 7.15. The molecule has 0 atom stereocenters.